The first-order valence-electron chi connectivity index (χ1n) is 3.64. The van der Waals surface area contributed by atoms with E-state index in [4.69, 9.17) is 11.6 Å². The Labute approximate surface area is 89.6 Å². The number of carbonyl (C=O) groups is 1. The Morgan fingerprint density at radius 1 is 1.79 bits per heavy atom. The molecule has 1 rings (SSSR count). The number of hydrogen-bond acceptors (Lipinski definition) is 4. The van der Waals surface area contributed by atoms with Crippen molar-refractivity contribution in [2.45, 2.75) is 5.03 Å². The highest BCUT2D eigenvalue weighted by molar-refractivity contribution is 7.99. The minimum atomic E-state index is -0.536. The van der Waals surface area contributed by atoms with E-state index in [0.29, 0.717) is 0 Å². The number of esters is 1. The van der Waals surface area contributed by atoms with Crippen LogP contribution in [-0.2, 0) is 9.53 Å². The molecule has 0 bridgehead atoms. The topological polar surface area (TPSA) is 39.2 Å². The van der Waals surface area contributed by atoms with Gasteiger partial charge in [0.1, 0.15) is 5.03 Å². The first kappa shape index (κ1) is 11.3. The van der Waals surface area contributed by atoms with E-state index in [-0.39, 0.29) is 15.8 Å². The third-order valence-corrected chi connectivity index (χ3v) is 2.49. The van der Waals surface area contributed by atoms with E-state index in [1.807, 2.05) is 0 Å². The van der Waals surface area contributed by atoms with Crippen molar-refractivity contribution < 1.29 is 13.9 Å². The van der Waals surface area contributed by atoms with Crippen LogP contribution in [0.25, 0.3) is 0 Å². The zero-order valence-corrected chi connectivity index (χ0v) is 8.86. The van der Waals surface area contributed by atoms with E-state index in [0.717, 1.165) is 17.8 Å². The Hall–Kier alpha value is -0.810. The van der Waals surface area contributed by atoms with Crippen LogP contribution in [-0.4, -0.2) is 23.8 Å². The summed E-state index contributed by atoms with van der Waals surface area (Å²) >= 11 is 6.47. The maximum absolute atomic E-state index is 13.1. The molecule has 0 saturated heterocycles. The third-order valence-electron chi connectivity index (χ3n) is 1.33. The quantitative estimate of drug-likeness (QED) is 0.594. The molecule has 3 nitrogen and oxygen atoms in total. The number of pyridine rings is 1. The summed E-state index contributed by atoms with van der Waals surface area (Å²) in [5, 5.41) is 0.365. The van der Waals surface area contributed by atoms with Crippen molar-refractivity contribution in [1.29, 1.82) is 0 Å². The van der Waals surface area contributed by atoms with Crippen LogP contribution in [0.3, 0.4) is 0 Å². The molecule has 0 N–H and O–H groups in total. The van der Waals surface area contributed by atoms with Crippen molar-refractivity contribution in [3.8, 4) is 0 Å². The first-order chi connectivity index (χ1) is 6.63. The summed E-state index contributed by atoms with van der Waals surface area (Å²) in [5.74, 6) is -0.931. The molecule has 0 saturated carbocycles. The summed E-state index contributed by atoms with van der Waals surface area (Å²) in [4.78, 5) is 14.5. The standard InChI is InChI=1S/C8H7ClFNO2S/c1-13-7(12)4-14-8-6(10)2-5(9)3-11-8/h2-3H,4H2,1H3. The summed E-state index contributed by atoms with van der Waals surface area (Å²) < 4.78 is 17.5. The van der Waals surface area contributed by atoms with Gasteiger partial charge in [0.15, 0.2) is 5.82 Å². The lowest BCUT2D eigenvalue weighted by Crippen LogP contribution is -2.03. The van der Waals surface area contributed by atoms with Gasteiger partial charge in [-0.15, -0.1) is 0 Å². The van der Waals surface area contributed by atoms with E-state index in [1.165, 1.54) is 13.3 Å². The predicted octanol–water partition coefficient (Wildman–Crippen LogP) is 2.14. The van der Waals surface area contributed by atoms with Gasteiger partial charge in [-0.1, -0.05) is 23.4 Å². The third kappa shape index (κ3) is 3.16. The largest absolute Gasteiger partial charge is 0.468 e. The van der Waals surface area contributed by atoms with Crippen LogP contribution in [0, 0.1) is 5.82 Å². The fraction of sp³-hybridized carbons (Fsp3) is 0.250. The molecule has 14 heavy (non-hydrogen) atoms. The van der Waals surface area contributed by atoms with E-state index in [2.05, 4.69) is 9.72 Å². The number of methoxy groups -OCH3 is 1. The highest BCUT2D eigenvalue weighted by atomic mass is 35.5. The molecule has 6 heteroatoms. The summed E-state index contributed by atoms with van der Waals surface area (Å²) in [6, 6.07) is 1.15. The normalized spacial score (nSPS) is 9.93. The molecular formula is C8H7ClFNO2S. The number of halogens is 2. The molecule has 1 heterocycles. The van der Waals surface area contributed by atoms with Gasteiger partial charge in [-0.3, -0.25) is 4.79 Å². The van der Waals surface area contributed by atoms with Crippen LogP contribution in [0.5, 0.6) is 0 Å². The van der Waals surface area contributed by atoms with Crippen LogP contribution in [0.4, 0.5) is 4.39 Å². The van der Waals surface area contributed by atoms with Crippen molar-refractivity contribution in [3.05, 3.63) is 23.1 Å². The Morgan fingerprint density at radius 3 is 3.07 bits per heavy atom. The molecule has 0 amide bonds. The highest BCUT2D eigenvalue weighted by Crippen LogP contribution is 2.21. The molecule has 1 aromatic rings. The van der Waals surface area contributed by atoms with Crippen molar-refractivity contribution in [2.24, 2.45) is 0 Å². The number of thioether (sulfide) groups is 1. The molecule has 0 aliphatic rings. The molecule has 0 unspecified atom stereocenters. The Balaban J connectivity index is 2.63. The van der Waals surface area contributed by atoms with Gasteiger partial charge < -0.3 is 4.74 Å². The van der Waals surface area contributed by atoms with Gasteiger partial charge in [-0.2, -0.15) is 0 Å². The summed E-state index contributed by atoms with van der Waals surface area (Å²) in [7, 11) is 1.27. The molecule has 0 spiro atoms. The molecular weight excluding hydrogens is 229 g/mol. The minimum absolute atomic E-state index is 0.0298. The molecule has 0 aliphatic heterocycles. The Kier molecular flexibility index (Phi) is 4.16. The number of aromatic nitrogens is 1. The van der Waals surface area contributed by atoms with Crippen LogP contribution in [0.2, 0.25) is 5.02 Å². The lowest BCUT2D eigenvalue weighted by atomic mass is 10.5. The summed E-state index contributed by atoms with van der Waals surface area (Å²) in [6.45, 7) is 0. The number of ether oxygens (including phenoxy) is 1. The number of hydrogen-bond donors (Lipinski definition) is 0. The number of nitrogens with zero attached hydrogens (tertiary/aromatic N) is 1. The van der Waals surface area contributed by atoms with Gasteiger partial charge in [0, 0.05) is 6.20 Å². The fourth-order valence-electron chi connectivity index (χ4n) is 0.694. The lowest BCUT2D eigenvalue weighted by Gasteiger charge is -2.00. The van der Waals surface area contributed by atoms with E-state index >= 15 is 0 Å². The van der Waals surface area contributed by atoms with Crippen LogP contribution in [0.15, 0.2) is 17.3 Å². The summed E-state index contributed by atoms with van der Waals surface area (Å²) in [5.41, 5.74) is 0. The fourth-order valence-corrected chi connectivity index (χ4v) is 1.54. The Bertz CT molecular complexity index is 348. The monoisotopic (exact) mass is 235 g/mol. The first-order valence-corrected chi connectivity index (χ1v) is 5.00. The minimum Gasteiger partial charge on any atom is -0.468 e. The van der Waals surface area contributed by atoms with Gasteiger partial charge in [0.05, 0.1) is 17.9 Å². The maximum Gasteiger partial charge on any atom is 0.316 e. The van der Waals surface area contributed by atoms with Gasteiger partial charge >= 0.3 is 5.97 Å². The lowest BCUT2D eigenvalue weighted by molar-refractivity contribution is -0.137. The van der Waals surface area contributed by atoms with Gasteiger partial charge in [0.25, 0.3) is 0 Å². The van der Waals surface area contributed by atoms with Gasteiger partial charge in [0.2, 0.25) is 0 Å². The van der Waals surface area contributed by atoms with Crippen LogP contribution < -0.4 is 0 Å². The number of carbonyl (C=O) groups excluding carboxylic acids is 1. The van der Waals surface area contributed by atoms with Crippen molar-refractivity contribution in [1.82, 2.24) is 4.98 Å². The molecule has 0 fully saturated rings. The molecule has 1 aromatic heterocycles. The molecule has 76 valence electrons. The van der Waals surface area contributed by atoms with E-state index in [9.17, 15) is 9.18 Å². The Morgan fingerprint density at radius 2 is 2.50 bits per heavy atom. The zero-order valence-electron chi connectivity index (χ0n) is 7.29. The highest BCUT2D eigenvalue weighted by Gasteiger charge is 2.08. The second kappa shape index (κ2) is 5.17. The van der Waals surface area contributed by atoms with Crippen molar-refractivity contribution >= 4 is 29.3 Å². The average molecular weight is 236 g/mol. The van der Waals surface area contributed by atoms with E-state index in [1.54, 1.807) is 0 Å². The summed E-state index contributed by atoms with van der Waals surface area (Å²) in [6.07, 6.45) is 1.32. The number of rotatable bonds is 3. The smallest absolute Gasteiger partial charge is 0.316 e. The predicted molar refractivity (Wildman–Crippen MR) is 51.9 cm³/mol. The van der Waals surface area contributed by atoms with Crippen molar-refractivity contribution in [2.75, 3.05) is 12.9 Å². The SMILES string of the molecule is COC(=O)CSc1ncc(Cl)cc1F. The average Bonchev–Trinajstić information content (AvgIpc) is 2.16. The molecule has 0 radical (unpaired) electrons. The van der Waals surface area contributed by atoms with E-state index < -0.39 is 11.8 Å². The van der Waals surface area contributed by atoms with Crippen LogP contribution >= 0.6 is 23.4 Å². The zero-order chi connectivity index (χ0) is 10.6. The maximum atomic E-state index is 13.1. The molecule has 0 aliphatic carbocycles. The van der Waals surface area contributed by atoms with Crippen molar-refractivity contribution in [3.63, 3.8) is 0 Å². The second-order valence-electron chi connectivity index (χ2n) is 2.31. The van der Waals surface area contributed by atoms with Gasteiger partial charge in [-0.05, 0) is 6.07 Å². The van der Waals surface area contributed by atoms with Gasteiger partial charge in [-0.25, -0.2) is 9.37 Å². The van der Waals surface area contributed by atoms with Crippen LogP contribution in [0.1, 0.15) is 0 Å². The molecule has 0 atom stereocenters. The molecule has 0 aromatic carbocycles. The second-order valence-corrected chi connectivity index (χ2v) is 3.71.